The summed E-state index contributed by atoms with van der Waals surface area (Å²) in [7, 11) is 0. The second kappa shape index (κ2) is 6.56. The highest BCUT2D eigenvalue weighted by molar-refractivity contribution is 4.85. The Morgan fingerprint density at radius 2 is 2.27 bits per heavy atom. The van der Waals surface area contributed by atoms with Crippen LogP contribution in [0.15, 0.2) is 6.33 Å². The lowest BCUT2D eigenvalue weighted by Crippen LogP contribution is -2.16. The molecule has 0 saturated heterocycles. The monoisotopic (exact) mass is 210 g/mol. The summed E-state index contributed by atoms with van der Waals surface area (Å²) < 4.78 is 2.02. The summed E-state index contributed by atoms with van der Waals surface area (Å²) in [5.41, 5.74) is 0. The van der Waals surface area contributed by atoms with E-state index >= 15 is 0 Å². The fraction of sp³-hybridized carbons (Fsp3) is 0.818. The van der Waals surface area contributed by atoms with Gasteiger partial charge in [-0.2, -0.15) is 5.10 Å². The van der Waals surface area contributed by atoms with Crippen molar-refractivity contribution in [3.63, 3.8) is 0 Å². The van der Waals surface area contributed by atoms with E-state index in [-0.39, 0.29) is 0 Å². The molecule has 0 aromatic carbocycles. The van der Waals surface area contributed by atoms with Crippen LogP contribution in [0.5, 0.6) is 0 Å². The Kier molecular flexibility index (Phi) is 5.32. The van der Waals surface area contributed by atoms with Crippen molar-refractivity contribution in [3.8, 4) is 0 Å². The molecule has 1 aromatic rings. The molecular weight excluding hydrogens is 188 g/mol. The molecular formula is C11H22N4. The van der Waals surface area contributed by atoms with Gasteiger partial charge in [0, 0.05) is 13.0 Å². The van der Waals surface area contributed by atoms with Crippen LogP contribution in [0.1, 0.15) is 33.0 Å². The van der Waals surface area contributed by atoms with Gasteiger partial charge < -0.3 is 5.32 Å². The van der Waals surface area contributed by atoms with Crippen LogP contribution in [0.2, 0.25) is 0 Å². The molecule has 0 aliphatic carbocycles. The molecule has 0 saturated carbocycles. The summed E-state index contributed by atoms with van der Waals surface area (Å²) in [5, 5.41) is 7.55. The molecule has 1 rings (SSSR count). The van der Waals surface area contributed by atoms with E-state index in [2.05, 4.69) is 36.2 Å². The van der Waals surface area contributed by atoms with Gasteiger partial charge in [-0.3, -0.25) is 0 Å². The predicted octanol–water partition coefficient (Wildman–Crippen LogP) is 1.48. The Morgan fingerprint density at radius 3 is 2.93 bits per heavy atom. The van der Waals surface area contributed by atoms with Gasteiger partial charge in [-0.05, 0) is 25.4 Å². The fourth-order valence-corrected chi connectivity index (χ4v) is 1.53. The largest absolute Gasteiger partial charge is 0.317 e. The van der Waals surface area contributed by atoms with Crippen molar-refractivity contribution in [1.29, 1.82) is 0 Å². The van der Waals surface area contributed by atoms with Crippen LogP contribution < -0.4 is 5.32 Å². The average Bonchev–Trinajstić information content (AvgIpc) is 2.59. The van der Waals surface area contributed by atoms with Gasteiger partial charge >= 0.3 is 0 Å². The number of aryl methyl sites for hydroxylation is 1. The Morgan fingerprint density at radius 1 is 1.47 bits per heavy atom. The maximum atomic E-state index is 4.29. The van der Waals surface area contributed by atoms with Crippen LogP contribution in [-0.2, 0) is 13.0 Å². The molecule has 0 spiro atoms. The molecule has 0 aliphatic rings. The first-order valence-corrected chi connectivity index (χ1v) is 5.81. The fourth-order valence-electron chi connectivity index (χ4n) is 1.53. The second-order valence-corrected chi connectivity index (χ2v) is 4.21. The predicted molar refractivity (Wildman–Crippen MR) is 61.7 cm³/mol. The van der Waals surface area contributed by atoms with Crippen LogP contribution >= 0.6 is 0 Å². The van der Waals surface area contributed by atoms with E-state index in [1.54, 1.807) is 6.33 Å². The lowest BCUT2D eigenvalue weighted by atomic mass is 10.2. The van der Waals surface area contributed by atoms with Crippen molar-refractivity contribution < 1.29 is 0 Å². The highest BCUT2D eigenvalue weighted by Gasteiger charge is 2.05. The summed E-state index contributed by atoms with van der Waals surface area (Å²) >= 11 is 0. The molecule has 0 radical (unpaired) electrons. The highest BCUT2D eigenvalue weighted by Crippen LogP contribution is 2.03. The van der Waals surface area contributed by atoms with E-state index in [1.165, 1.54) is 0 Å². The van der Waals surface area contributed by atoms with E-state index in [0.29, 0.717) is 5.92 Å². The van der Waals surface area contributed by atoms with Crippen LogP contribution in [0.3, 0.4) is 0 Å². The Hall–Kier alpha value is -0.900. The zero-order chi connectivity index (χ0) is 11.1. The van der Waals surface area contributed by atoms with Gasteiger partial charge in [-0.1, -0.05) is 20.8 Å². The number of rotatable bonds is 7. The average molecular weight is 210 g/mol. The second-order valence-electron chi connectivity index (χ2n) is 4.21. The minimum atomic E-state index is 0.624. The normalized spacial score (nSPS) is 11.2. The molecule has 15 heavy (non-hydrogen) atoms. The smallest absolute Gasteiger partial charge is 0.138 e. The van der Waals surface area contributed by atoms with Gasteiger partial charge in [-0.25, -0.2) is 9.67 Å². The van der Waals surface area contributed by atoms with E-state index in [9.17, 15) is 0 Å². The Bertz CT molecular complexity index is 267. The van der Waals surface area contributed by atoms with Gasteiger partial charge in [0.1, 0.15) is 12.2 Å². The molecule has 1 aromatic heterocycles. The van der Waals surface area contributed by atoms with Crippen molar-refractivity contribution in [3.05, 3.63) is 12.2 Å². The van der Waals surface area contributed by atoms with Gasteiger partial charge in [0.15, 0.2) is 0 Å². The summed E-state index contributed by atoms with van der Waals surface area (Å²) in [6, 6.07) is 0. The van der Waals surface area contributed by atoms with Crippen molar-refractivity contribution in [2.45, 2.75) is 40.2 Å². The van der Waals surface area contributed by atoms with Crippen LogP contribution in [0.4, 0.5) is 0 Å². The topological polar surface area (TPSA) is 42.7 Å². The molecule has 0 bridgehead atoms. The Balaban J connectivity index is 2.36. The van der Waals surface area contributed by atoms with E-state index in [1.807, 2.05) is 4.68 Å². The molecule has 0 unspecified atom stereocenters. The minimum absolute atomic E-state index is 0.624. The summed E-state index contributed by atoms with van der Waals surface area (Å²) in [4.78, 5) is 4.29. The van der Waals surface area contributed by atoms with Gasteiger partial charge in [-0.15, -0.1) is 0 Å². The first-order chi connectivity index (χ1) is 7.24. The molecule has 0 aliphatic heterocycles. The SMILES string of the molecule is CCNCCCc1ncnn1CC(C)C. The number of hydrogen-bond donors (Lipinski definition) is 1. The summed E-state index contributed by atoms with van der Waals surface area (Å²) in [5.74, 6) is 1.74. The Labute approximate surface area is 92.1 Å². The third kappa shape index (κ3) is 4.42. The van der Waals surface area contributed by atoms with Gasteiger partial charge in [0.25, 0.3) is 0 Å². The quantitative estimate of drug-likeness (QED) is 0.693. The molecule has 4 nitrogen and oxygen atoms in total. The lowest BCUT2D eigenvalue weighted by molar-refractivity contribution is 0.462. The van der Waals surface area contributed by atoms with Crippen molar-refractivity contribution in [2.24, 2.45) is 5.92 Å². The van der Waals surface area contributed by atoms with Gasteiger partial charge in [0.05, 0.1) is 0 Å². The molecule has 86 valence electrons. The lowest BCUT2D eigenvalue weighted by Gasteiger charge is -2.08. The summed E-state index contributed by atoms with van der Waals surface area (Å²) in [6.07, 6.45) is 3.80. The molecule has 1 N–H and O–H groups in total. The molecule has 1 heterocycles. The summed E-state index contributed by atoms with van der Waals surface area (Å²) in [6.45, 7) is 9.59. The van der Waals surface area contributed by atoms with E-state index in [4.69, 9.17) is 0 Å². The first-order valence-electron chi connectivity index (χ1n) is 5.81. The molecule has 0 atom stereocenters. The third-order valence-electron chi connectivity index (χ3n) is 2.24. The molecule has 0 amide bonds. The molecule has 0 fully saturated rings. The van der Waals surface area contributed by atoms with Crippen LogP contribution in [0.25, 0.3) is 0 Å². The number of hydrogen-bond acceptors (Lipinski definition) is 3. The standard InChI is InChI=1S/C11H22N4/c1-4-12-7-5-6-11-13-9-14-15(11)8-10(2)3/h9-10,12H,4-8H2,1-3H3. The number of nitrogens with zero attached hydrogens (tertiary/aromatic N) is 3. The molecule has 4 heteroatoms. The van der Waals surface area contributed by atoms with Crippen LogP contribution in [0, 0.1) is 5.92 Å². The van der Waals surface area contributed by atoms with Crippen molar-refractivity contribution in [1.82, 2.24) is 20.1 Å². The maximum Gasteiger partial charge on any atom is 0.138 e. The minimum Gasteiger partial charge on any atom is -0.317 e. The first kappa shape index (κ1) is 12.2. The van der Waals surface area contributed by atoms with E-state index < -0.39 is 0 Å². The third-order valence-corrected chi connectivity index (χ3v) is 2.24. The number of nitrogens with one attached hydrogen (secondary N) is 1. The highest BCUT2D eigenvalue weighted by atomic mass is 15.3. The van der Waals surface area contributed by atoms with E-state index in [0.717, 1.165) is 38.3 Å². The zero-order valence-corrected chi connectivity index (χ0v) is 10.0. The van der Waals surface area contributed by atoms with Crippen molar-refractivity contribution in [2.75, 3.05) is 13.1 Å². The zero-order valence-electron chi connectivity index (χ0n) is 10.0. The van der Waals surface area contributed by atoms with Crippen molar-refractivity contribution >= 4 is 0 Å². The van der Waals surface area contributed by atoms with Gasteiger partial charge in [0.2, 0.25) is 0 Å². The number of aromatic nitrogens is 3. The van der Waals surface area contributed by atoms with Crippen LogP contribution in [-0.4, -0.2) is 27.9 Å². The maximum absolute atomic E-state index is 4.29.